The highest BCUT2D eigenvalue weighted by molar-refractivity contribution is 6.37. The number of phenols is 1. The molecular formula is C15H14Cl2N2O2. The highest BCUT2D eigenvalue weighted by Crippen LogP contribution is 2.39. The number of amides is 2. The van der Waals surface area contributed by atoms with Gasteiger partial charge in [0.05, 0.1) is 10.7 Å². The SMILES string of the molecule is CCc1c(Cl)cc(NC(=O)Nc2ccccc2)c(O)c1Cl. The van der Waals surface area contributed by atoms with Gasteiger partial charge in [-0.25, -0.2) is 4.79 Å². The van der Waals surface area contributed by atoms with Crippen LogP contribution in [0.15, 0.2) is 36.4 Å². The van der Waals surface area contributed by atoms with Crippen LogP contribution in [0.25, 0.3) is 0 Å². The number of nitrogens with one attached hydrogen (secondary N) is 2. The summed E-state index contributed by atoms with van der Waals surface area (Å²) in [6.07, 6.45) is 0.585. The summed E-state index contributed by atoms with van der Waals surface area (Å²) in [5.41, 5.74) is 1.44. The molecule has 6 heteroatoms. The second kappa shape index (κ2) is 6.70. The van der Waals surface area contributed by atoms with Crippen molar-refractivity contribution in [1.29, 1.82) is 0 Å². The van der Waals surface area contributed by atoms with Gasteiger partial charge in [0.15, 0.2) is 5.75 Å². The van der Waals surface area contributed by atoms with E-state index in [1.165, 1.54) is 6.07 Å². The van der Waals surface area contributed by atoms with Crippen LogP contribution in [0.4, 0.5) is 16.2 Å². The van der Waals surface area contributed by atoms with E-state index in [0.29, 0.717) is 22.7 Å². The second-order valence-electron chi connectivity index (χ2n) is 4.35. The van der Waals surface area contributed by atoms with Crippen molar-refractivity contribution in [3.63, 3.8) is 0 Å². The molecule has 0 heterocycles. The molecule has 0 saturated heterocycles. The number of urea groups is 1. The van der Waals surface area contributed by atoms with Crippen molar-refractivity contribution in [2.75, 3.05) is 10.6 Å². The van der Waals surface area contributed by atoms with Crippen molar-refractivity contribution in [3.05, 3.63) is 52.0 Å². The van der Waals surface area contributed by atoms with Gasteiger partial charge in [-0.05, 0) is 30.2 Å². The fourth-order valence-electron chi connectivity index (χ4n) is 1.87. The molecule has 21 heavy (non-hydrogen) atoms. The number of phenolic OH excluding ortho intramolecular Hbond substituents is 1. The number of hydrogen-bond donors (Lipinski definition) is 3. The van der Waals surface area contributed by atoms with Gasteiger partial charge >= 0.3 is 6.03 Å². The monoisotopic (exact) mass is 324 g/mol. The number of hydrogen-bond acceptors (Lipinski definition) is 2. The van der Waals surface area contributed by atoms with E-state index in [2.05, 4.69) is 10.6 Å². The van der Waals surface area contributed by atoms with Crippen LogP contribution in [0.5, 0.6) is 5.75 Å². The molecule has 0 bridgehead atoms. The maximum Gasteiger partial charge on any atom is 0.323 e. The first kappa shape index (κ1) is 15.5. The van der Waals surface area contributed by atoms with Gasteiger partial charge in [0, 0.05) is 10.7 Å². The summed E-state index contributed by atoms with van der Waals surface area (Å²) < 4.78 is 0. The van der Waals surface area contributed by atoms with Crippen LogP contribution in [-0.2, 0) is 6.42 Å². The lowest BCUT2D eigenvalue weighted by Crippen LogP contribution is -2.19. The second-order valence-corrected chi connectivity index (χ2v) is 5.13. The molecular weight excluding hydrogens is 311 g/mol. The zero-order valence-electron chi connectivity index (χ0n) is 11.3. The predicted octanol–water partition coefficient (Wildman–Crippen LogP) is 4.91. The molecule has 3 N–H and O–H groups in total. The Balaban J connectivity index is 2.18. The number of halogens is 2. The predicted molar refractivity (Wildman–Crippen MR) is 86.6 cm³/mol. The summed E-state index contributed by atoms with van der Waals surface area (Å²) >= 11 is 12.1. The quantitative estimate of drug-likeness (QED) is 0.703. The third-order valence-corrected chi connectivity index (χ3v) is 3.67. The van der Waals surface area contributed by atoms with E-state index in [4.69, 9.17) is 23.2 Å². The summed E-state index contributed by atoms with van der Waals surface area (Å²) in [5, 5.41) is 15.7. The fraction of sp³-hybridized carbons (Fsp3) is 0.133. The van der Waals surface area contributed by atoms with Crippen LogP contribution >= 0.6 is 23.2 Å². The molecule has 0 fully saturated rings. The Morgan fingerprint density at radius 2 is 1.86 bits per heavy atom. The molecule has 4 nitrogen and oxygen atoms in total. The van der Waals surface area contributed by atoms with Crippen molar-refractivity contribution in [3.8, 4) is 5.75 Å². The standard InChI is InChI=1S/C15H14Cl2N2O2/c1-2-10-11(16)8-12(14(20)13(10)17)19-15(21)18-9-6-4-3-5-7-9/h3-8,20H,2H2,1H3,(H2,18,19,21). The number of carbonyl (C=O) groups excluding carboxylic acids is 1. The minimum Gasteiger partial charge on any atom is -0.504 e. The molecule has 2 aromatic rings. The summed E-state index contributed by atoms with van der Waals surface area (Å²) in [6, 6.07) is 9.93. The van der Waals surface area contributed by atoms with Crippen molar-refractivity contribution in [1.82, 2.24) is 0 Å². The molecule has 0 aliphatic heterocycles. The summed E-state index contributed by atoms with van der Waals surface area (Å²) in [6.45, 7) is 1.88. The van der Waals surface area contributed by atoms with Gasteiger partial charge in [0.1, 0.15) is 0 Å². The smallest absolute Gasteiger partial charge is 0.323 e. The average molecular weight is 325 g/mol. The molecule has 2 aromatic carbocycles. The third kappa shape index (κ3) is 3.60. The van der Waals surface area contributed by atoms with Crippen molar-refractivity contribution in [2.45, 2.75) is 13.3 Å². The number of para-hydroxylation sites is 1. The first-order valence-electron chi connectivity index (χ1n) is 6.35. The Morgan fingerprint density at radius 1 is 1.19 bits per heavy atom. The zero-order chi connectivity index (χ0) is 15.4. The van der Waals surface area contributed by atoms with Gasteiger partial charge in [-0.2, -0.15) is 0 Å². The van der Waals surface area contributed by atoms with E-state index in [1.54, 1.807) is 24.3 Å². The minimum absolute atomic E-state index is 0.153. The Kier molecular flexibility index (Phi) is 4.94. The normalized spacial score (nSPS) is 10.2. The fourth-order valence-corrected chi connectivity index (χ4v) is 2.60. The largest absolute Gasteiger partial charge is 0.504 e. The Labute approximate surface area is 132 Å². The molecule has 0 radical (unpaired) electrons. The van der Waals surface area contributed by atoms with Crippen LogP contribution in [0.3, 0.4) is 0 Å². The lowest BCUT2D eigenvalue weighted by Gasteiger charge is -2.13. The highest BCUT2D eigenvalue weighted by Gasteiger charge is 2.15. The molecule has 2 rings (SSSR count). The highest BCUT2D eigenvalue weighted by atomic mass is 35.5. The lowest BCUT2D eigenvalue weighted by molar-refractivity contribution is 0.262. The van der Waals surface area contributed by atoms with Gasteiger partial charge < -0.3 is 15.7 Å². The Morgan fingerprint density at radius 3 is 2.48 bits per heavy atom. The third-order valence-electron chi connectivity index (χ3n) is 2.92. The van der Waals surface area contributed by atoms with Gasteiger partial charge in [-0.3, -0.25) is 0 Å². The van der Waals surface area contributed by atoms with Crippen LogP contribution in [-0.4, -0.2) is 11.1 Å². The number of carbonyl (C=O) groups is 1. The van der Waals surface area contributed by atoms with E-state index >= 15 is 0 Å². The van der Waals surface area contributed by atoms with Crippen molar-refractivity contribution < 1.29 is 9.90 Å². The molecule has 0 unspecified atom stereocenters. The van der Waals surface area contributed by atoms with E-state index in [-0.39, 0.29) is 16.5 Å². The molecule has 0 aromatic heterocycles. The summed E-state index contributed by atoms with van der Waals surface area (Å²) in [4.78, 5) is 11.9. The van der Waals surface area contributed by atoms with E-state index < -0.39 is 6.03 Å². The maximum absolute atomic E-state index is 11.9. The zero-order valence-corrected chi connectivity index (χ0v) is 12.8. The molecule has 0 saturated carbocycles. The van der Waals surface area contributed by atoms with E-state index in [1.807, 2.05) is 13.0 Å². The first-order chi connectivity index (χ1) is 10.0. The Hall–Kier alpha value is -1.91. The van der Waals surface area contributed by atoms with Gasteiger partial charge in [0.25, 0.3) is 0 Å². The first-order valence-corrected chi connectivity index (χ1v) is 7.11. The molecule has 2 amide bonds. The number of benzene rings is 2. The summed E-state index contributed by atoms with van der Waals surface area (Å²) in [5.74, 6) is -0.193. The molecule has 110 valence electrons. The number of rotatable bonds is 3. The number of aromatic hydroxyl groups is 1. The van der Waals surface area contributed by atoms with Crippen LogP contribution < -0.4 is 10.6 Å². The van der Waals surface area contributed by atoms with Crippen molar-refractivity contribution >= 4 is 40.6 Å². The Bertz CT molecular complexity index is 660. The number of anilines is 2. The molecule has 0 atom stereocenters. The van der Waals surface area contributed by atoms with Crippen molar-refractivity contribution in [2.24, 2.45) is 0 Å². The van der Waals surface area contributed by atoms with Crippen LogP contribution in [0.2, 0.25) is 10.0 Å². The maximum atomic E-state index is 11.9. The minimum atomic E-state index is -0.493. The van der Waals surface area contributed by atoms with Gasteiger partial charge in [-0.1, -0.05) is 48.3 Å². The molecule has 0 spiro atoms. The van der Waals surface area contributed by atoms with Crippen LogP contribution in [0, 0.1) is 0 Å². The molecule has 0 aliphatic carbocycles. The molecule has 0 aliphatic rings. The topological polar surface area (TPSA) is 61.4 Å². The van der Waals surface area contributed by atoms with Gasteiger partial charge in [-0.15, -0.1) is 0 Å². The lowest BCUT2D eigenvalue weighted by atomic mass is 10.1. The summed E-state index contributed by atoms with van der Waals surface area (Å²) in [7, 11) is 0. The van der Waals surface area contributed by atoms with E-state index in [9.17, 15) is 9.90 Å². The van der Waals surface area contributed by atoms with Crippen LogP contribution in [0.1, 0.15) is 12.5 Å². The average Bonchev–Trinajstić information content (AvgIpc) is 2.46. The van der Waals surface area contributed by atoms with Gasteiger partial charge in [0.2, 0.25) is 0 Å². The van der Waals surface area contributed by atoms with E-state index in [0.717, 1.165) is 0 Å².